The first-order valence-electron chi connectivity index (χ1n) is 8.28. The fourth-order valence-electron chi connectivity index (χ4n) is 2.41. The number of rotatable bonds is 6. The highest BCUT2D eigenvalue weighted by atomic mass is 35.5. The van der Waals surface area contributed by atoms with Gasteiger partial charge in [0.25, 0.3) is 5.91 Å². The molecule has 0 bridgehead atoms. The van der Waals surface area contributed by atoms with Gasteiger partial charge >= 0.3 is 5.97 Å². The van der Waals surface area contributed by atoms with Crippen LogP contribution >= 0.6 is 11.6 Å². The number of sulfonamides is 1. The molecule has 1 N–H and O–H groups in total. The molecule has 0 aromatic heterocycles. The Kier molecular flexibility index (Phi) is 6.82. The van der Waals surface area contributed by atoms with Gasteiger partial charge in [-0.2, -0.15) is 0 Å². The Labute approximate surface area is 169 Å². The van der Waals surface area contributed by atoms with Crippen molar-refractivity contribution in [3.8, 4) is 0 Å². The average Bonchev–Trinajstić information content (AvgIpc) is 2.61. The lowest BCUT2D eigenvalue weighted by atomic mass is 10.1. The number of carbonyl (C=O) groups is 2. The Bertz CT molecular complexity index is 1020. The molecule has 0 aliphatic heterocycles. The van der Waals surface area contributed by atoms with Crippen LogP contribution in [0.2, 0.25) is 5.02 Å². The summed E-state index contributed by atoms with van der Waals surface area (Å²) in [6, 6.07) is 9.22. The maximum absolute atomic E-state index is 12.2. The molecule has 28 heavy (non-hydrogen) atoms. The summed E-state index contributed by atoms with van der Waals surface area (Å²) < 4.78 is 30.5. The second-order valence-electron chi connectivity index (χ2n) is 6.37. The number of amides is 1. The minimum absolute atomic E-state index is 0.0236. The quantitative estimate of drug-likeness (QED) is 0.719. The van der Waals surface area contributed by atoms with Crippen LogP contribution in [-0.2, 0) is 19.6 Å². The van der Waals surface area contributed by atoms with Gasteiger partial charge in [-0.25, -0.2) is 17.5 Å². The lowest BCUT2D eigenvalue weighted by Gasteiger charge is -2.14. The average molecular weight is 425 g/mol. The second-order valence-corrected chi connectivity index (χ2v) is 8.93. The van der Waals surface area contributed by atoms with Gasteiger partial charge in [0, 0.05) is 14.1 Å². The van der Waals surface area contributed by atoms with Gasteiger partial charge in [0.15, 0.2) is 6.61 Å². The largest absolute Gasteiger partial charge is 0.452 e. The van der Waals surface area contributed by atoms with E-state index in [9.17, 15) is 18.0 Å². The van der Waals surface area contributed by atoms with Crippen molar-refractivity contribution >= 4 is 39.2 Å². The number of carbonyl (C=O) groups excluding carboxylic acids is 2. The maximum Gasteiger partial charge on any atom is 0.338 e. The van der Waals surface area contributed by atoms with E-state index in [1.807, 2.05) is 13.0 Å². The van der Waals surface area contributed by atoms with Crippen molar-refractivity contribution in [3.63, 3.8) is 0 Å². The topological polar surface area (TPSA) is 92.8 Å². The van der Waals surface area contributed by atoms with Gasteiger partial charge in [-0.15, -0.1) is 0 Å². The molecule has 0 radical (unpaired) electrons. The Hall–Kier alpha value is -2.42. The Balaban J connectivity index is 2.08. The number of benzene rings is 2. The van der Waals surface area contributed by atoms with Crippen molar-refractivity contribution in [2.75, 3.05) is 26.0 Å². The molecular formula is C19H21ClN2O5S. The molecule has 0 fully saturated rings. The minimum Gasteiger partial charge on any atom is -0.452 e. The summed E-state index contributed by atoms with van der Waals surface area (Å²) in [5.41, 5.74) is 2.23. The number of hydrogen-bond acceptors (Lipinski definition) is 5. The molecule has 7 nitrogen and oxygen atoms in total. The van der Waals surface area contributed by atoms with Gasteiger partial charge in [0.2, 0.25) is 10.0 Å². The number of esters is 1. The van der Waals surface area contributed by atoms with Crippen LogP contribution in [0.4, 0.5) is 5.69 Å². The monoisotopic (exact) mass is 424 g/mol. The highest BCUT2D eigenvalue weighted by Gasteiger charge is 2.19. The van der Waals surface area contributed by atoms with Gasteiger partial charge in [0.05, 0.1) is 21.2 Å². The van der Waals surface area contributed by atoms with Crippen LogP contribution in [-0.4, -0.2) is 45.3 Å². The standard InChI is InChI=1S/C19H21ClN2O5S/c1-12-5-7-15(13(2)9-12)19(24)27-11-18(23)21-17-10-14(6-8-16(17)20)28(25,26)22(3)4/h5-10H,11H2,1-4H3,(H,21,23). The summed E-state index contributed by atoms with van der Waals surface area (Å²) in [6.07, 6.45) is 0. The third-order valence-electron chi connectivity index (χ3n) is 3.93. The van der Waals surface area contributed by atoms with E-state index in [1.165, 1.54) is 32.3 Å². The number of aryl methyl sites for hydroxylation is 2. The van der Waals surface area contributed by atoms with Crippen molar-refractivity contribution in [2.24, 2.45) is 0 Å². The van der Waals surface area contributed by atoms with E-state index >= 15 is 0 Å². The van der Waals surface area contributed by atoms with Crippen LogP contribution in [0.3, 0.4) is 0 Å². The lowest BCUT2D eigenvalue weighted by molar-refractivity contribution is -0.119. The third-order valence-corrected chi connectivity index (χ3v) is 6.07. The zero-order valence-electron chi connectivity index (χ0n) is 15.9. The molecule has 0 unspecified atom stereocenters. The number of nitrogens with zero attached hydrogens (tertiary/aromatic N) is 1. The van der Waals surface area contributed by atoms with Crippen LogP contribution in [0.5, 0.6) is 0 Å². The fraction of sp³-hybridized carbons (Fsp3) is 0.263. The van der Waals surface area contributed by atoms with E-state index < -0.39 is 28.5 Å². The van der Waals surface area contributed by atoms with Crippen LogP contribution < -0.4 is 5.32 Å². The molecule has 0 spiro atoms. The van der Waals surface area contributed by atoms with Gasteiger partial charge < -0.3 is 10.1 Å². The summed E-state index contributed by atoms with van der Waals surface area (Å²) in [5.74, 6) is -1.26. The highest BCUT2D eigenvalue weighted by Crippen LogP contribution is 2.26. The normalized spacial score (nSPS) is 11.4. The summed E-state index contributed by atoms with van der Waals surface area (Å²) in [4.78, 5) is 24.3. The first-order chi connectivity index (χ1) is 13.0. The van der Waals surface area contributed by atoms with Crippen LogP contribution in [0.15, 0.2) is 41.3 Å². The van der Waals surface area contributed by atoms with Gasteiger partial charge in [-0.3, -0.25) is 4.79 Å². The van der Waals surface area contributed by atoms with E-state index in [-0.39, 0.29) is 15.6 Å². The van der Waals surface area contributed by atoms with E-state index in [0.717, 1.165) is 15.4 Å². The Morgan fingerprint density at radius 2 is 1.79 bits per heavy atom. The van der Waals surface area contributed by atoms with Crippen LogP contribution in [0.1, 0.15) is 21.5 Å². The smallest absolute Gasteiger partial charge is 0.338 e. The Morgan fingerprint density at radius 3 is 2.39 bits per heavy atom. The zero-order chi connectivity index (χ0) is 21.1. The summed E-state index contributed by atoms with van der Waals surface area (Å²) in [6.45, 7) is 3.15. The zero-order valence-corrected chi connectivity index (χ0v) is 17.5. The van der Waals surface area contributed by atoms with E-state index in [1.54, 1.807) is 19.1 Å². The number of hydrogen-bond donors (Lipinski definition) is 1. The van der Waals surface area contributed by atoms with Crippen LogP contribution in [0.25, 0.3) is 0 Å². The molecule has 0 atom stereocenters. The molecule has 0 saturated carbocycles. The predicted molar refractivity (Wildman–Crippen MR) is 107 cm³/mol. The highest BCUT2D eigenvalue weighted by molar-refractivity contribution is 7.89. The molecule has 0 heterocycles. The van der Waals surface area contributed by atoms with Crippen molar-refractivity contribution in [1.29, 1.82) is 0 Å². The second kappa shape index (κ2) is 8.72. The van der Waals surface area contributed by atoms with Gasteiger partial charge in [0.1, 0.15) is 0 Å². The Morgan fingerprint density at radius 1 is 1.11 bits per heavy atom. The molecular weight excluding hydrogens is 404 g/mol. The predicted octanol–water partition coefficient (Wildman–Crippen LogP) is 3.00. The first-order valence-corrected chi connectivity index (χ1v) is 10.1. The third kappa shape index (κ3) is 5.09. The van der Waals surface area contributed by atoms with E-state index in [0.29, 0.717) is 5.56 Å². The van der Waals surface area contributed by atoms with Crippen molar-refractivity contribution < 1.29 is 22.7 Å². The maximum atomic E-state index is 12.2. The van der Waals surface area contributed by atoms with Gasteiger partial charge in [-0.1, -0.05) is 29.3 Å². The molecule has 2 aromatic carbocycles. The molecule has 2 aromatic rings. The fourth-order valence-corrected chi connectivity index (χ4v) is 3.50. The molecule has 2 rings (SSSR count). The van der Waals surface area contributed by atoms with Gasteiger partial charge in [-0.05, 0) is 43.7 Å². The first kappa shape index (κ1) is 21.9. The summed E-state index contributed by atoms with van der Waals surface area (Å²) in [5, 5.41) is 2.62. The molecule has 0 saturated heterocycles. The molecule has 0 aliphatic rings. The summed E-state index contributed by atoms with van der Waals surface area (Å²) in [7, 11) is -0.889. The van der Waals surface area contributed by atoms with Crippen LogP contribution in [0, 0.1) is 13.8 Å². The van der Waals surface area contributed by atoms with Crippen molar-refractivity contribution in [1.82, 2.24) is 4.31 Å². The van der Waals surface area contributed by atoms with Crippen molar-refractivity contribution in [2.45, 2.75) is 18.7 Å². The molecule has 0 aliphatic carbocycles. The molecule has 9 heteroatoms. The molecule has 150 valence electrons. The number of anilines is 1. The lowest BCUT2D eigenvalue weighted by Crippen LogP contribution is -2.23. The number of nitrogens with one attached hydrogen (secondary N) is 1. The molecule has 1 amide bonds. The van der Waals surface area contributed by atoms with E-state index in [4.69, 9.17) is 16.3 Å². The van der Waals surface area contributed by atoms with E-state index in [2.05, 4.69) is 5.32 Å². The summed E-state index contributed by atoms with van der Waals surface area (Å²) >= 11 is 6.03. The minimum atomic E-state index is -3.68. The SMILES string of the molecule is Cc1ccc(C(=O)OCC(=O)Nc2cc(S(=O)(=O)N(C)C)ccc2Cl)c(C)c1. The number of ether oxygens (including phenoxy) is 1. The number of halogens is 1. The van der Waals surface area contributed by atoms with Crippen molar-refractivity contribution in [3.05, 3.63) is 58.1 Å².